The smallest absolute Gasteiger partial charge is 0.217 e. The Balaban J connectivity index is 1.70. The lowest BCUT2D eigenvalue weighted by Gasteiger charge is -2.65. The second kappa shape index (κ2) is 20.9. The van der Waals surface area contributed by atoms with Crippen molar-refractivity contribution in [2.24, 2.45) is 0 Å². The van der Waals surface area contributed by atoms with Crippen molar-refractivity contribution in [1.29, 1.82) is 0 Å². The summed E-state index contributed by atoms with van der Waals surface area (Å²) in [7, 11) is 11.5. The Labute approximate surface area is 427 Å². The van der Waals surface area contributed by atoms with Crippen LogP contribution in [0, 0.1) is 0 Å². The molecule has 0 bridgehead atoms. The van der Waals surface area contributed by atoms with E-state index in [9.17, 15) is 0 Å². The third-order valence-electron chi connectivity index (χ3n) is 15.1. The highest BCUT2D eigenvalue weighted by atomic mass is 79.9. The van der Waals surface area contributed by atoms with Crippen molar-refractivity contribution in [3.05, 3.63) is 220 Å². The zero-order valence-corrected chi connectivity index (χ0v) is 43.4. The van der Waals surface area contributed by atoms with Gasteiger partial charge in [0.15, 0.2) is 0 Å². The van der Waals surface area contributed by atoms with Crippen LogP contribution in [0.4, 0.5) is 0 Å². The molecule has 0 saturated heterocycles. The van der Waals surface area contributed by atoms with E-state index in [1.165, 1.54) is 5.57 Å². The van der Waals surface area contributed by atoms with Crippen LogP contribution in [-0.4, -0.2) is 85.5 Å². The molecule has 0 saturated carbocycles. The number of halogens is 1. The molecular formula is C62H65BrN4O4. The minimum Gasteiger partial charge on any atom is -0.481 e. The van der Waals surface area contributed by atoms with Crippen LogP contribution in [0.15, 0.2) is 181 Å². The van der Waals surface area contributed by atoms with Crippen molar-refractivity contribution in [1.82, 2.24) is 19.8 Å². The van der Waals surface area contributed by atoms with Crippen LogP contribution >= 0.6 is 15.9 Å². The van der Waals surface area contributed by atoms with E-state index >= 15 is 10.2 Å². The average Bonchev–Trinajstić information content (AvgIpc) is 3.41. The van der Waals surface area contributed by atoms with Crippen molar-refractivity contribution >= 4 is 43.0 Å². The molecule has 9 heteroatoms. The number of benzene rings is 6. The number of aromatic nitrogens is 2. The molecular weight excluding hydrogens is 945 g/mol. The maximum atomic E-state index is 16.0. The fourth-order valence-electron chi connectivity index (χ4n) is 12.1. The van der Waals surface area contributed by atoms with Crippen LogP contribution in [0.3, 0.4) is 0 Å². The van der Waals surface area contributed by atoms with E-state index in [-0.39, 0.29) is 18.7 Å². The molecule has 0 aliphatic heterocycles. The number of hydrogen-bond donors (Lipinski definition) is 2. The number of rotatable bonds is 18. The lowest BCUT2D eigenvalue weighted by molar-refractivity contribution is -0.139. The highest BCUT2D eigenvalue weighted by Crippen LogP contribution is 2.71. The summed E-state index contributed by atoms with van der Waals surface area (Å²) in [5.41, 5.74) is -1.61. The Morgan fingerprint density at radius 1 is 0.535 bits per heavy atom. The molecule has 2 heterocycles. The summed E-state index contributed by atoms with van der Waals surface area (Å²) >= 11 is 3.94. The number of hydrogen-bond acceptors (Lipinski definition) is 8. The normalized spacial score (nSPS) is 16.5. The average molecular weight is 1010 g/mol. The van der Waals surface area contributed by atoms with Gasteiger partial charge in [-0.05, 0) is 150 Å². The third kappa shape index (κ3) is 8.55. The summed E-state index contributed by atoms with van der Waals surface area (Å²) in [6, 6.07) is 53.8. The van der Waals surface area contributed by atoms with Crippen LogP contribution in [0.2, 0.25) is 0 Å². The van der Waals surface area contributed by atoms with Crippen LogP contribution in [0.5, 0.6) is 11.8 Å². The van der Waals surface area contributed by atoms with Gasteiger partial charge in [0.2, 0.25) is 11.8 Å². The van der Waals surface area contributed by atoms with Gasteiger partial charge in [0.1, 0.15) is 11.2 Å². The van der Waals surface area contributed by atoms with Crippen molar-refractivity contribution in [3.8, 4) is 11.8 Å². The summed E-state index contributed by atoms with van der Waals surface area (Å²) in [5, 5.41) is 35.7. The lowest BCUT2D eigenvalue weighted by Crippen LogP contribution is -2.71. The fraction of sp³-hybridized carbons (Fsp3) is 0.290. The molecule has 1 aliphatic rings. The number of ether oxygens (including phenoxy) is 2. The minimum atomic E-state index is -1.98. The second-order valence-corrected chi connectivity index (χ2v) is 20.5. The molecule has 2 N–H and O–H groups in total. The minimum absolute atomic E-state index is 0.174. The van der Waals surface area contributed by atoms with Crippen molar-refractivity contribution in [3.63, 3.8) is 0 Å². The van der Waals surface area contributed by atoms with Gasteiger partial charge < -0.3 is 29.5 Å². The van der Waals surface area contributed by atoms with E-state index in [2.05, 4.69) is 111 Å². The second-order valence-electron chi connectivity index (χ2n) is 19.6. The summed E-state index contributed by atoms with van der Waals surface area (Å²) in [6.07, 6.45) is 10.3. The van der Waals surface area contributed by atoms with Gasteiger partial charge in [-0.15, -0.1) is 0 Å². The van der Waals surface area contributed by atoms with Crippen molar-refractivity contribution < 1.29 is 19.7 Å². The molecule has 71 heavy (non-hydrogen) atoms. The quantitative estimate of drug-likeness (QED) is 0.0878. The van der Waals surface area contributed by atoms with Crippen LogP contribution in [0.25, 0.3) is 27.1 Å². The molecule has 6 aromatic carbocycles. The molecule has 0 radical (unpaired) electrons. The van der Waals surface area contributed by atoms with Crippen LogP contribution < -0.4 is 9.47 Å². The highest BCUT2D eigenvalue weighted by molar-refractivity contribution is 9.10. The maximum absolute atomic E-state index is 16.0. The number of pyridine rings is 2. The first-order valence-corrected chi connectivity index (χ1v) is 25.5. The molecule has 8 aromatic rings. The first kappa shape index (κ1) is 49.8. The van der Waals surface area contributed by atoms with Gasteiger partial charge in [0.25, 0.3) is 0 Å². The Hall–Kier alpha value is -6.20. The predicted octanol–water partition coefficient (Wildman–Crippen LogP) is 12.5. The molecule has 9 rings (SSSR count). The number of nitrogens with zero attached hydrogens (tertiary/aromatic N) is 4. The maximum Gasteiger partial charge on any atom is 0.217 e. The highest BCUT2D eigenvalue weighted by Gasteiger charge is 2.75. The van der Waals surface area contributed by atoms with Gasteiger partial charge in [-0.1, -0.05) is 152 Å². The summed E-state index contributed by atoms with van der Waals surface area (Å²) in [6.45, 7) is 0.883. The topological polar surface area (TPSA) is 91.2 Å². The zero-order chi connectivity index (χ0) is 49.8. The van der Waals surface area contributed by atoms with E-state index in [1.54, 1.807) is 20.4 Å². The fourth-order valence-corrected chi connectivity index (χ4v) is 12.4. The van der Waals surface area contributed by atoms with Crippen molar-refractivity contribution in [2.45, 2.75) is 60.6 Å². The van der Waals surface area contributed by atoms with Gasteiger partial charge in [-0.25, -0.2) is 9.97 Å². The molecule has 1 aliphatic carbocycles. The molecule has 0 amide bonds. The van der Waals surface area contributed by atoms with Gasteiger partial charge in [-0.3, -0.25) is 0 Å². The SMILES string of the molecule is COc1ncc(Br)cc1C(c1ccccc1)(C(O)(CCN(C)C)c1cccc2ccccc12)C(c1ccccc1)(c1cc(C2=CCCCC2)cnc1OC)C(O)(CCN(C)C)c1cccc2ccccc12. The van der Waals surface area contributed by atoms with E-state index in [0.29, 0.717) is 51.3 Å². The summed E-state index contributed by atoms with van der Waals surface area (Å²) < 4.78 is 14.0. The van der Waals surface area contributed by atoms with Gasteiger partial charge in [0, 0.05) is 41.1 Å². The Morgan fingerprint density at radius 3 is 1.45 bits per heavy atom. The monoisotopic (exact) mass is 1010 g/mol. The zero-order valence-electron chi connectivity index (χ0n) is 41.8. The Kier molecular flexibility index (Phi) is 14.6. The molecule has 8 nitrogen and oxygen atoms in total. The van der Waals surface area contributed by atoms with Crippen LogP contribution in [0.1, 0.15) is 77.5 Å². The largest absolute Gasteiger partial charge is 0.481 e. The van der Waals surface area contributed by atoms with Gasteiger partial charge in [0.05, 0.1) is 25.0 Å². The van der Waals surface area contributed by atoms with E-state index < -0.39 is 22.0 Å². The number of aliphatic hydroxyl groups is 2. The lowest BCUT2D eigenvalue weighted by atomic mass is 9.38. The first-order valence-electron chi connectivity index (χ1n) is 24.7. The molecule has 0 fully saturated rings. The molecule has 2 aromatic heterocycles. The van der Waals surface area contributed by atoms with Gasteiger partial charge >= 0.3 is 0 Å². The standard InChI is InChI=1S/C62H65BrN4O4/c1-66(2)38-36-59(68,53-34-20-26-45-24-16-18-32-51(45)53)61(48-28-12-8-13-29-48,55-40-47(42-64-57(55)70-5)44-22-10-7-11-23-44)62(49-30-14-9-15-31-49,56-41-50(63)43-65-58(56)71-6)60(69,37-39-67(3)4)54-35-21-27-46-25-17-19-33-52(46)54/h8-9,12-22,24-35,40-43,68-69H,7,10-11,23,36-39H2,1-6H3. The third-order valence-corrected chi connectivity index (χ3v) is 15.5. The molecule has 364 valence electrons. The van der Waals surface area contributed by atoms with Crippen molar-refractivity contribution in [2.75, 3.05) is 55.5 Å². The Morgan fingerprint density at radius 2 is 0.986 bits per heavy atom. The van der Waals surface area contributed by atoms with E-state index in [1.807, 2.05) is 113 Å². The number of methoxy groups -OCH3 is 2. The van der Waals surface area contributed by atoms with Gasteiger partial charge in [-0.2, -0.15) is 0 Å². The number of fused-ring (bicyclic) bond motifs is 2. The Bertz CT molecular complexity index is 3150. The predicted molar refractivity (Wildman–Crippen MR) is 292 cm³/mol. The summed E-state index contributed by atoms with van der Waals surface area (Å²) in [5.74, 6) is 0.597. The first-order chi connectivity index (χ1) is 34.4. The molecule has 4 unspecified atom stereocenters. The number of allylic oxidation sites excluding steroid dienone is 2. The molecule has 4 atom stereocenters. The summed E-state index contributed by atoms with van der Waals surface area (Å²) in [4.78, 5) is 14.7. The van der Waals surface area contributed by atoms with E-state index in [4.69, 9.17) is 19.4 Å². The van der Waals surface area contributed by atoms with Crippen LogP contribution in [-0.2, 0) is 22.0 Å². The van der Waals surface area contributed by atoms with E-state index in [0.717, 1.165) is 58.4 Å². The molecule has 0 spiro atoms.